The second kappa shape index (κ2) is 4.06. The van der Waals surface area contributed by atoms with Crippen LogP contribution in [0, 0.1) is 0 Å². The molecule has 82 valence electrons. The molecule has 1 aromatic rings. The Morgan fingerprint density at radius 1 is 1.53 bits per heavy atom. The molecule has 0 spiro atoms. The first-order valence-electron chi connectivity index (χ1n) is 5.06. The number of ether oxygens (including phenoxy) is 1. The summed E-state index contributed by atoms with van der Waals surface area (Å²) < 4.78 is 10.6. The third-order valence-electron chi connectivity index (χ3n) is 2.85. The van der Waals surface area contributed by atoms with Crippen LogP contribution >= 0.6 is 0 Å². The molecular formula is C11H14O4. The van der Waals surface area contributed by atoms with Crippen molar-refractivity contribution in [3.05, 3.63) is 24.2 Å². The molecule has 4 nitrogen and oxygen atoms in total. The Hall–Kier alpha value is -1.29. The lowest BCUT2D eigenvalue weighted by molar-refractivity contribution is -0.137. The van der Waals surface area contributed by atoms with E-state index >= 15 is 0 Å². The van der Waals surface area contributed by atoms with Gasteiger partial charge in [-0.05, 0) is 25.0 Å². The predicted molar refractivity (Wildman–Crippen MR) is 52.7 cm³/mol. The first-order chi connectivity index (χ1) is 7.23. The van der Waals surface area contributed by atoms with E-state index in [2.05, 4.69) is 0 Å². The van der Waals surface area contributed by atoms with Crippen molar-refractivity contribution in [2.75, 3.05) is 13.2 Å². The van der Waals surface area contributed by atoms with Crippen molar-refractivity contribution < 1.29 is 19.1 Å². The molecule has 15 heavy (non-hydrogen) atoms. The number of carbonyl (C=O) groups is 1. The second-order valence-electron chi connectivity index (χ2n) is 4.00. The molecule has 0 unspecified atom stereocenters. The smallest absolute Gasteiger partial charge is 0.303 e. The second-order valence-corrected chi connectivity index (χ2v) is 4.00. The van der Waals surface area contributed by atoms with Gasteiger partial charge in [0.1, 0.15) is 5.76 Å². The van der Waals surface area contributed by atoms with E-state index in [-0.39, 0.29) is 11.8 Å². The normalized spacial score (nSPS) is 18.4. The summed E-state index contributed by atoms with van der Waals surface area (Å²) in [6.45, 7) is 1.28. The predicted octanol–water partition coefficient (Wildman–Crippen LogP) is 1.80. The Labute approximate surface area is 87.8 Å². The Morgan fingerprint density at radius 3 is 2.80 bits per heavy atom. The molecule has 1 aromatic heterocycles. The summed E-state index contributed by atoms with van der Waals surface area (Å²) in [7, 11) is 0. The van der Waals surface area contributed by atoms with Gasteiger partial charge < -0.3 is 14.3 Å². The fourth-order valence-electron chi connectivity index (χ4n) is 1.92. The Bertz CT molecular complexity index is 324. The van der Waals surface area contributed by atoms with Gasteiger partial charge in [0, 0.05) is 6.42 Å². The fourth-order valence-corrected chi connectivity index (χ4v) is 1.92. The van der Waals surface area contributed by atoms with Crippen molar-refractivity contribution in [2.24, 2.45) is 0 Å². The van der Waals surface area contributed by atoms with Gasteiger partial charge >= 0.3 is 5.97 Å². The number of carboxylic acids is 1. The van der Waals surface area contributed by atoms with E-state index in [9.17, 15) is 4.79 Å². The van der Waals surface area contributed by atoms with Gasteiger partial charge in [-0.1, -0.05) is 0 Å². The molecule has 0 aromatic carbocycles. The topological polar surface area (TPSA) is 59.7 Å². The number of rotatable bonds is 5. The first-order valence-corrected chi connectivity index (χ1v) is 5.06. The van der Waals surface area contributed by atoms with E-state index in [1.54, 1.807) is 6.26 Å². The first kappa shape index (κ1) is 10.2. The maximum absolute atomic E-state index is 10.4. The number of carboxylic acid groups (broad SMARTS) is 1. The van der Waals surface area contributed by atoms with Crippen LogP contribution in [0.3, 0.4) is 0 Å². The van der Waals surface area contributed by atoms with Gasteiger partial charge in [0.05, 0.1) is 24.9 Å². The number of hydrogen-bond donors (Lipinski definition) is 1. The van der Waals surface area contributed by atoms with Crippen LogP contribution in [-0.4, -0.2) is 24.3 Å². The molecule has 0 amide bonds. The third kappa shape index (κ3) is 2.04. The quantitative estimate of drug-likeness (QED) is 0.805. The molecule has 1 N–H and O–H groups in total. The summed E-state index contributed by atoms with van der Waals surface area (Å²) in [6, 6.07) is 3.79. The van der Waals surface area contributed by atoms with Crippen molar-refractivity contribution >= 4 is 5.97 Å². The van der Waals surface area contributed by atoms with Gasteiger partial charge in [0.25, 0.3) is 0 Å². The third-order valence-corrected chi connectivity index (χ3v) is 2.85. The van der Waals surface area contributed by atoms with Crippen molar-refractivity contribution in [2.45, 2.75) is 24.7 Å². The van der Waals surface area contributed by atoms with Crippen LogP contribution < -0.4 is 0 Å². The number of furan rings is 1. The van der Waals surface area contributed by atoms with E-state index in [0.717, 1.165) is 12.2 Å². The average Bonchev–Trinajstić information content (AvgIpc) is 2.62. The van der Waals surface area contributed by atoms with Gasteiger partial charge in [-0.2, -0.15) is 0 Å². The molecule has 4 heteroatoms. The summed E-state index contributed by atoms with van der Waals surface area (Å²) in [4.78, 5) is 10.4. The van der Waals surface area contributed by atoms with Gasteiger partial charge in [0.15, 0.2) is 0 Å². The molecule has 0 aliphatic carbocycles. The lowest BCUT2D eigenvalue weighted by atomic mass is 9.78. The van der Waals surface area contributed by atoms with Crippen molar-refractivity contribution in [3.63, 3.8) is 0 Å². The van der Waals surface area contributed by atoms with Crippen molar-refractivity contribution in [1.82, 2.24) is 0 Å². The molecule has 1 saturated heterocycles. The minimum Gasteiger partial charge on any atom is -0.481 e. The monoisotopic (exact) mass is 210 g/mol. The van der Waals surface area contributed by atoms with Crippen LogP contribution in [0.2, 0.25) is 0 Å². The Morgan fingerprint density at radius 2 is 2.33 bits per heavy atom. The molecule has 1 aliphatic heterocycles. The lowest BCUT2D eigenvalue weighted by Gasteiger charge is -2.39. The molecule has 2 rings (SSSR count). The minimum absolute atomic E-state index is 0.0705. The van der Waals surface area contributed by atoms with Crippen LogP contribution in [-0.2, 0) is 14.9 Å². The molecule has 0 saturated carbocycles. The SMILES string of the molecule is O=C(O)CCCC1(c2ccco2)COC1. The molecule has 0 bridgehead atoms. The van der Waals surface area contributed by atoms with E-state index < -0.39 is 5.97 Å². The highest BCUT2D eigenvalue weighted by Gasteiger charge is 2.42. The molecule has 1 fully saturated rings. The minimum atomic E-state index is -0.746. The summed E-state index contributed by atoms with van der Waals surface area (Å²) in [5.74, 6) is 0.170. The summed E-state index contributed by atoms with van der Waals surface area (Å²) >= 11 is 0. The largest absolute Gasteiger partial charge is 0.481 e. The summed E-state index contributed by atoms with van der Waals surface area (Å²) in [5.41, 5.74) is -0.0705. The van der Waals surface area contributed by atoms with E-state index in [0.29, 0.717) is 19.6 Å². The Balaban J connectivity index is 1.94. The molecule has 0 radical (unpaired) electrons. The highest BCUT2D eigenvalue weighted by atomic mass is 16.5. The zero-order chi connectivity index (χ0) is 10.7. The van der Waals surface area contributed by atoms with Crippen LogP contribution in [0.5, 0.6) is 0 Å². The molecule has 0 atom stereocenters. The Kier molecular flexibility index (Phi) is 2.77. The highest BCUT2D eigenvalue weighted by molar-refractivity contribution is 5.66. The van der Waals surface area contributed by atoms with Crippen LogP contribution in [0.25, 0.3) is 0 Å². The highest BCUT2D eigenvalue weighted by Crippen LogP contribution is 2.37. The summed E-state index contributed by atoms with van der Waals surface area (Å²) in [5, 5.41) is 8.58. The van der Waals surface area contributed by atoms with Crippen LogP contribution in [0.15, 0.2) is 22.8 Å². The van der Waals surface area contributed by atoms with Crippen LogP contribution in [0.1, 0.15) is 25.0 Å². The zero-order valence-corrected chi connectivity index (χ0v) is 8.44. The van der Waals surface area contributed by atoms with Crippen molar-refractivity contribution in [3.8, 4) is 0 Å². The fraction of sp³-hybridized carbons (Fsp3) is 0.545. The van der Waals surface area contributed by atoms with Gasteiger partial charge in [-0.15, -0.1) is 0 Å². The average molecular weight is 210 g/mol. The zero-order valence-electron chi connectivity index (χ0n) is 8.44. The molecule has 2 heterocycles. The van der Waals surface area contributed by atoms with Gasteiger partial charge in [-0.3, -0.25) is 4.79 Å². The van der Waals surface area contributed by atoms with E-state index in [1.807, 2.05) is 12.1 Å². The van der Waals surface area contributed by atoms with E-state index in [4.69, 9.17) is 14.3 Å². The number of aliphatic carboxylic acids is 1. The standard InChI is InChI=1S/C11H14O4/c12-10(13)4-1-5-11(7-14-8-11)9-3-2-6-15-9/h2-3,6H,1,4-5,7-8H2,(H,12,13). The molecular weight excluding hydrogens is 196 g/mol. The molecule has 1 aliphatic rings. The lowest BCUT2D eigenvalue weighted by Crippen LogP contribution is -2.46. The van der Waals surface area contributed by atoms with Crippen molar-refractivity contribution in [1.29, 1.82) is 0 Å². The van der Waals surface area contributed by atoms with E-state index in [1.165, 1.54) is 0 Å². The van der Waals surface area contributed by atoms with Gasteiger partial charge in [0.2, 0.25) is 0 Å². The summed E-state index contributed by atoms with van der Waals surface area (Å²) in [6.07, 6.45) is 3.33. The van der Waals surface area contributed by atoms with Gasteiger partial charge in [-0.25, -0.2) is 0 Å². The maximum atomic E-state index is 10.4. The number of hydrogen-bond acceptors (Lipinski definition) is 3. The van der Waals surface area contributed by atoms with Crippen LogP contribution in [0.4, 0.5) is 0 Å². The maximum Gasteiger partial charge on any atom is 0.303 e.